The van der Waals surface area contributed by atoms with Gasteiger partial charge in [-0.2, -0.15) is 0 Å². The predicted octanol–water partition coefficient (Wildman–Crippen LogP) is 3.12. The molecule has 0 atom stereocenters. The summed E-state index contributed by atoms with van der Waals surface area (Å²) in [5, 5.41) is 5.89. The molecule has 0 aliphatic carbocycles. The van der Waals surface area contributed by atoms with Crippen LogP contribution in [0.25, 0.3) is 0 Å². The molecule has 0 aromatic heterocycles. The van der Waals surface area contributed by atoms with E-state index >= 15 is 0 Å². The Morgan fingerprint density at radius 2 is 1.76 bits per heavy atom. The number of ether oxygens (including phenoxy) is 1. The summed E-state index contributed by atoms with van der Waals surface area (Å²) in [6.45, 7) is 4.10. The van der Waals surface area contributed by atoms with Gasteiger partial charge in [-0.25, -0.2) is 0 Å². The van der Waals surface area contributed by atoms with Crippen molar-refractivity contribution in [3.63, 3.8) is 0 Å². The molecule has 132 valence electrons. The molecule has 0 saturated heterocycles. The number of rotatable bonds is 7. The number of para-hydroxylation sites is 2. The SMILES string of the molecule is CCOc1ccccc1NCC(=O)Nc1ccc(N(C)C(C)=O)cc1. The predicted molar refractivity (Wildman–Crippen MR) is 100 cm³/mol. The maximum Gasteiger partial charge on any atom is 0.243 e. The molecule has 25 heavy (non-hydrogen) atoms. The molecule has 0 fully saturated rings. The lowest BCUT2D eigenvalue weighted by Gasteiger charge is -2.15. The molecule has 0 aliphatic rings. The van der Waals surface area contributed by atoms with Crippen LogP contribution in [0.5, 0.6) is 5.75 Å². The fraction of sp³-hybridized carbons (Fsp3) is 0.263. The van der Waals surface area contributed by atoms with Gasteiger partial charge >= 0.3 is 0 Å². The molecule has 2 aromatic carbocycles. The topological polar surface area (TPSA) is 70.7 Å². The first-order chi connectivity index (χ1) is 12.0. The van der Waals surface area contributed by atoms with Gasteiger partial charge in [-0.3, -0.25) is 9.59 Å². The normalized spacial score (nSPS) is 10.0. The second kappa shape index (κ2) is 8.73. The highest BCUT2D eigenvalue weighted by Crippen LogP contribution is 2.23. The number of carbonyl (C=O) groups is 2. The van der Waals surface area contributed by atoms with Crippen molar-refractivity contribution < 1.29 is 14.3 Å². The molecule has 6 nitrogen and oxygen atoms in total. The standard InChI is InChI=1S/C19H23N3O3/c1-4-25-18-8-6-5-7-17(18)20-13-19(24)21-15-9-11-16(12-10-15)22(3)14(2)23/h5-12,20H,4,13H2,1-3H3,(H,21,24). The number of hydrogen-bond acceptors (Lipinski definition) is 4. The Morgan fingerprint density at radius 3 is 2.40 bits per heavy atom. The quantitative estimate of drug-likeness (QED) is 0.812. The summed E-state index contributed by atoms with van der Waals surface area (Å²) in [6, 6.07) is 14.6. The summed E-state index contributed by atoms with van der Waals surface area (Å²) in [7, 11) is 1.70. The Bertz CT molecular complexity index is 729. The van der Waals surface area contributed by atoms with Crippen LogP contribution in [0, 0.1) is 0 Å². The molecule has 0 heterocycles. The van der Waals surface area contributed by atoms with E-state index in [0.29, 0.717) is 12.3 Å². The van der Waals surface area contributed by atoms with Crippen molar-refractivity contribution >= 4 is 28.9 Å². The van der Waals surface area contributed by atoms with Gasteiger partial charge in [0.15, 0.2) is 0 Å². The zero-order chi connectivity index (χ0) is 18.2. The van der Waals surface area contributed by atoms with Crippen LogP contribution in [-0.4, -0.2) is 32.0 Å². The Balaban J connectivity index is 1.91. The smallest absolute Gasteiger partial charge is 0.243 e. The molecule has 0 radical (unpaired) electrons. The minimum atomic E-state index is -0.168. The molecule has 0 bridgehead atoms. The number of carbonyl (C=O) groups excluding carboxylic acids is 2. The third-order valence-electron chi connectivity index (χ3n) is 3.64. The fourth-order valence-corrected chi connectivity index (χ4v) is 2.22. The van der Waals surface area contributed by atoms with Crippen LogP contribution in [0.2, 0.25) is 0 Å². The summed E-state index contributed by atoms with van der Waals surface area (Å²) in [5.41, 5.74) is 2.22. The van der Waals surface area contributed by atoms with Crippen LogP contribution in [0.3, 0.4) is 0 Å². The maximum absolute atomic E-state index is 12.1. The summed E-state index contributed by atoms with van der Waals surface area (Å²) in [5.74, 6) is 0.502. The lowest BCUT2D eigenvalue weighted by molar-refractivity contribution is -0.116. The Morgan fingerprint density at radius 1 is 1.08 bits per heavy atom. The van der Waals surface area contributed by atoms with Crippen LogP contribution in [-0.2, 0) is 9.59 Å². The molecule has 2 rings (SSSR count). The van der Waals surface area contributed by atoms with Crippen molar-refractivity contribution in [3.8, 4) is 5.75 Å². The van der Waals surface area contributed by atoms with Crippen LogP contribution in [0.15, 0.2) is 48.5 Å². The van der Waals surface area contributed by atoms with Gasteiger partial charge in [-0.15, -0.1) is 0 Å². The number of benzene rings is 2. The second-order valence-electron chi connectivity index (χ2n) is 5.46. The van der Waals surface area contributed by atoms with Crippen molar-refractivity contribution in [2.24, 2.45) is 0 Å². The summed E-state index contributed by atoms with van der Waals surface area (Å²) >= 11 is 0. The maximum atomic E-state index is 12.1. The van der Waals surface area contributed by atoms with Crippen LogP contribution >= 0.6 is 0 Å². The molecule has 0 saturated carbocycles. The van der Waals surface area contributed by atoms with Crippen LogP contribution < -0.4 is 20.3 Å². The number of anilines is 3. The van der Waals surface area contributed by atoms with Crippen molar-refractivity contribution in [1.29, 1.82) is 0 Å². The first kappa shape index (κ1) is 18.3. The zero-order valence-electron chi connectivity index (χ0n) is 14.7. The number of hydrogen-bond donors (Lipinski definition) is 2. The lowest BCUT2D eigenvalue weighted by atomic mass is 10.2. The largest absolute Gasteiger partial charge is 0.492 e. The van der Waals surface area contributed by atoms with E-state index in [9.17, 15) is 9.59 Å². The van der Waals surface area contributed by atoms with Gasteiger partial charge in [0, 0.05) is 25.3 Å². The number of nitrogens with zero attached hydrogens (tertiary/aromatic N) is 1. The van der Waals surface area contributed by atoms with E-state index in [2.05, 4.69) is 10.6 Å². The molecular weight excluding hydrogens is 318 g/mol. The molecule has 2 aromatic rings. The molecule has 2 amide bonds. The zero-order valence-corrected chi connectivity index (χ0v) is 14.7. The fourth-order valence-electron chi connectivity index (χ4n) is 2.22. The van der Waals surface area contributed by atoms with Crippen LogP contribution in [0.1, 0.15) is 13.8 Å². The van der Waals surface area contributed by atoms with E-state index < -0.39 is 0 Å². The van der Waals surface area contributed by atoms with Gasteiger partial charge in [0.1, 0.15) is 5.75 Å². The van der Waals surface area contributed by atoms with E-state index in [1.165, 1.54) is 11.8 Å². The van der Waals surface area contributed by atoms with Crippen molar-refractivity contribution in [1.82, 2.24) is 0 Å². The van der Waals surface area contributed by atoms with Crippen molar-refractivity contribution in [3.05, 3.63) is 48.5 Å². The first-order valence-corrected chi connectivity index (χ1v) is 8.11. The third-order valence-corrected chi connectivity index (χ3v) is 3.64. The number of amides is 2. The summed E-state index contributed by atoms with van der Waals surface area (Å²) < 4.78 is 5.52. The highest BCUT2D eigenvalue weighted by Gasteiger charge is 2.08. The van der Waals surface area contributed by atoms with E-state index in [1.807, 2.05) is 31.2 Å². The lowest BCUT2D eigenvalue weighted by Crippen LogP contribution is -2.23. The third kappa shape index (κ3) is 5.24. The van der Waals surface area contributed by atoms with Crippen molar-refractivity contribution in [2.75, 3.05) is 35.7 Å². The Kier molecular flexibility index (Phi) is 6.39. The van der Waals surface area contributed by atoms with E-state index in [4.69, 9.17) is 4.74 Å². The highest BCUT2D eigenvalue weighted by molar-refractivity contribution is 5.95. The van der Waals surface area contributed by atoms with Gasteiger partial charge in [0.2, 0.25) is 11.8 Å². The molecule has 2 N–H and O–H groups in total. The Hall–Kier alpha value is -3.02. The molecule has 0 aliphatic heterocycles. The number of nitrogens with one attached hydrogen (secondary N) is 2. The second-order valence-corrected chi connectivity index (χ2v) is 5.46. The average molecular weight is 341 g/mol. The first-order valence-electron chi connectivity index (χ1n) is 8.11. The Labute approximate surface area is 147 Å². The van der Waals surface area contributed by atoms with Crippen molar-refractivity contribution in [2.45, 2.75) is 13.8 Å². The monoisotopic (exact) mass is 341 g/mol. The highest BCUT2D eigenvalue weighted by atomic mass is 16.5. The minimum absolute atomic E-state index is 0.0473. The molecular formula is C19H23N3O3. The van der Waals surface area contributed by atoms with Gasteiger partial charge in [-0.05, 0) is 43.3 Å². The summed E-state index contributed by atoms with van der Waals surface area (Å²) in [6.07, 6.45) is 0. The minimum Gasteiger partial charge on any atom is -0.492 e. The van der Waals surface area contributed by atoms with Gasteiger partial charge < -0.3 is 20.3 Å². The van der Waals surface area contributed by atoms with Gasteiger partial charge in [0.05, 0.1) is 18.8 Å². The molecule has 0 unspecified atom stereocenters. The summed E-state index contributed by atoms with van der Waals surface area (Å²) in [4.78, 5) is 25.0. The van der Waals surface area contributed by atoms with E-state index in [1.54, 1.807) is 31.3 Å². The molecule has 0 spiro atoms. The van der Waals surface area contributed by atoms with E-state index in [-0.39, 0.29) is 18.4 Å². The van der Waals surface area contributed by atoms with Gasteiger partial charge in [0.25, 0.3) is 0 Å². The van der Waals surface area contributed by atoms with Crippen LogP contribution in [0.4, 0.5) is 17.1 Å². The van der Waals surface area contributed by atoms with Gasteiger partial charge in [-0.1, -0.05) is 12.1 Å². The molecule has 6 heteroatoms. The van der Waals surface area contributed by atoms with E-state index in [0.717, 1.165) is 17.1 Å². The average Bonchev–Trinajstić information content (AvgIpc) is 2.61.